The number of benzene rings is 1. The average molecular weight is 378 g/mol. The van der Waals surface area contributed by atoms with E-state index >= 15 is 0 Å². The van der Waals surface area contributed by atoms with E-state index in [1.165, 1.54) is 22.7 Å². The molecule has 0 radical (unpaired) electrons. The Bertz CT molecular complexity index is 1010. The number of thiophene rings is 1. The first-order chi connectivity index (χ1) is 12.0. The van der Waals surface area contributed by atoms with E-state index in [2.05, 4.69) is 16.9 Å². The SMILES string of the molecule is C[C@H]1CCc2c(sc3nc(CSc4ccc(F)c(F)c4)[nH]c(=O)c23)C1. The minimum atomic E-state index is -0.873. The molecular weight excluding hydrogens is 362 g/mol. The standard InChI is InChI=1S/C18H16F2N2OS2/c1-9-2-4-11-14(6-9)25-18-16(11)17(23)21-15(22-18)8-24-10-3-5-12(19)13(20)7-10/h3,5,7,9H,2,4,6,8H2,1H3,(H,21,22,23)/t9-/m0/s1. The van der Waals surface area contributed by atoms with Gasteiger partial charge in [-0.05, 0) is 48.9 Å². The average Bonchev–Trinajstić information content (AvgIpc) is 2.93. The summed E-state index contributed by atoms with van der Waals surface area (Å²) in [6, 6.07) is 3.78. The maximum absolute atomic E-state index is 13.3. The largest absolute Gasteiger partial charge is 0.309 e. The van der Waals surface area contributed by atoms with Crippen LogP contribution in [0.25, 0.3) is 10.2 Å². The molecule has 0 saturated heterocycles. The molecule has 1 aromatic carbocycles. The van der Waals surface area contributed by atoms with Crippen LogP contribution in [0.3, 0.4) is 0 Å². The second kappa shape index (κ2) is 6.53. The number of aromatic amines is 1. The van der Waals surface area contributed by atoms with Crippen molar-refractivity contribution in [1.29, 1.82) is 0 Å². The van der Waals surface area contributed by atoms with Gasteiger partial charge in [-0.2, -0.15) is 0 Å². The van der Waals surface area contributed by atoms with Crippen LogP contribution in [-0.2, 0) is 18.6 Å². The van der Waals surface area contributed by atoms with Crippen LogP contribution in [0, 0.1) is 17.6 Å². The van der Waals surface area contributed by atoms with E-state index < -0.39 is 11.6 Å². The molecule has 3 nitrogen and oxygen atoms in total. The van der Waals surface area contributed by atoms with Crippen molar-refractivity contribution >= 4 is 33.3 Å². The Hall–Kier alpha value is -1.73. The van der Waals surface area contributed by atoms with E-state index in [0.29, 0.717) is 22.4 Å². The summed E-state index contributed by atoms with van der Waals surface area (Å²) < 4.78 is 26.3. The molecule has 2 aromatic heterocycles. The van der Waals surface area contributed by atoms with Crippen LogP contribution >= 0.6 is 23.1 Å². The fourth-order valence-corrected chi connectivity index (χ4v) is 5.37. The highest BCUT2D eigenvalue weighted by Gasteiger charge is 2.23. The molecule has 1 aliphatic rings. The van der Waals surface area contributed by atoms with Gasteiger partial charge < -0.3 is 4.98 Å². The highest BCUT2D eigenvalue weighted by atomic mass is 32.2. The van der Waals surface area contributed by atoms with Crippen molar-refractivity contribution < 1.29 is 8.78 Å². The van der Waals surface area contributed by atoms with Crippen molar-refractivity contribution in [2.45, 2.75) is 36.8 Å². The molecule has 1 N–H and O–H groups in total. The van der Waals surface area contributed by atoms with Crippen LogP contribution in [0.4, 0.5) is 8.78 Å². The van der Waals surface area contributed by atoms with Crippen LogP contribution < -0.4 is 5.56 Å². The first-order valence-electron chi connectivity index (χ1n) is 8.12. The van der Waals surface area contributed by atoms with Gasteiger partial charge in [0, 0.05) is 9.77 Å². The molecule has 0 fully saturated rings. The summed E-state index contributed by atoms with van der Waals surface area (Å²) >= 11 is 2.92. The number of H-pyrrole nitrogens is 1. The molecule has 0 unspecified atom stereocenters. The Kier molecular flexibility index (Phi) is 4.37. The minimum Gasteiger partial charge on any atom is -0.309 e. The lowest BCUT2D eigenvalue weighted by Crippen LogP contribution is -2.14. The summed E-state index contributed by atoms with van der Waals surface area (Å²) in [4.78, 5) is 22.6. The third-order valence-corrected chi connectivity index (χ3v) is 6.63. The number of fused-ring (bicyclic) bond motifs is 3. The van der Waals surface area contributed by atoms with E-state index in [1.807, 2.05) is 0 Å². The highest BCUT2D eigenvalue weighted by Crippen LogP contribution is 2.35. The minimum absolute atomic E-state index is 0.0991. The van der Waals surface area contributed by atoms with E-state index in [-0.39, 0.29) is 5.56 Å². The van der Waals surface area contributed by atoms with Crippen molar-refractivity contribution in [2.75, 3.05) is 0 Å². The summed E-state index contributed by atoms with van der Waals surface area (Å²) in [5, 5.41) is 0.730. The van der Waals surface area contributed by atoms with Gasteiger partial charge in [-0.25, -0.2) is 13.8 Å². The topological polar surface area (TPSA) is 45.8 Å². The number of halogens is 2. The lowest BCUT2D eigenvalue weighted by Gasteiger charge is -2.17. The first-order valence-corrected chi connectivity index (χ1v) is 9.92. The predicted molar refractivity (Wildman–Crippen MR) is 97.3 cm³/mol. The molecule has 0 saturated carbocycles. The van der Waals surface area contributed by atoms with Crippen LogP contribution in [0.2, 0.25) is 0 Å². The fraction of sp³-hybridized carbons (Fsp3) is 0.333. The molecule has 7 heteroatoms. The Morgan fingerprint density at radius 1 is 1.36 bits per heavy atom. The maximum Gasteiger partial charge on any atom is 0.259 e. The molecule has 0 amide bonds. The van der Waals surface area contributed by atoms with Crippen molar-refractivity contribution in [2.24, 2.45) is 5.92 Å². The Labute approximate surface area is 151 Å². The van der Waals surface area contributed by atoms with Crippen molar-refractivity contribution in [1.82, 2.24) is 9.97 Å². The zero-order valence-electron chi connectivity index (χ0n) is 13.6. The second-order valence-electron chi connectivity index (χ2n) is 6.41. The number of thioether (sulfide) groups is 1. The van der Waals surface area contributed by atoms with Gasteiger partial charge in [-0.3, -0.25) is 4.79 Å². The second-order valence-corrected chi connectivity index (χ2v) is 8.54. The summed E-state index contributed by atoms with van der Waals surface area (Å²) in [6.07, 6.45) is 3.05. The summed E-state index contributed by atoms with van der Waals surface area (Å²) in [5.41, 5.74) is 1.06. The van der Waals surface area contributed by atoms with Crippen LogP contribution in [0.15, 0.2) is 27.9 Å². The van der Waals surface area contributed by atoms with Gasteiger partial charge >= 0.3 is 0 Å². The number of nitrogens with zero attached hydrogens (tertiary/aromatic N) is 1. The number of hydrogen-bond acceptors (Lipinski definition) is 4. The Morgan fingerprint density at radius 3 is 3.00 bits per heavy atom. The van der Waals surface area contributed by atoms with Gasteiger partial charge in [0.2, 0.25) is 0 Å². The molecule has 25 heavy (non-hydrogen) atoms. The third-order valence-electron chi connectivity index (χ3n) is 4.48. The maximum atomic E-state index is 13.3. The van der Waals surface area contributed by atoms with Crippen LogP contribution in [0.1, 0.15) is 29.6 Å². The van der Waals surface area contributed by atoms with Gasteiger partial charge in [-0.15, -0.1) is 23.1 Å². The number of aryl methyl sites for hydroxylation is 1. The monoisotopic (exact) mass is 378 g/mol. The third kappa shape index (κ3) is 3.22. The molecule has 0 spiro atoms. The molecule has 2 heterocycles. The normalized spacial score (nSPS) is 17.0. The zero-order chi connectivity index (χ0) is 17.6. The first kappa shape index (κ1) is 16.7. The van der Waals surface area contributed by atoms with Crippen molar-refractivity contribution in [3.8, 4) is 0 Å². The molecule has 1 atom stereocenters. The van der Waals surface area contributed by atoms with Crippen LogP contribution in [0.5, 0.6) is 0 Å². The number of rotatable bonds is 3. The predicted octanol–water partition coefficient (Wildman–Crippen LogP) is 4.68. The lowest BCUT2D eigenvalue weighted by atomic mass is 9.89. The molecule has 0 bridgehead atoms. The zero-order valence-corrected chi connectivity index (χ0v) is 15.2. The lowest BCUT2D eigenvalue weighted by molar-refractivity contribution is 0.506. The molecular formula is C18H16F2N2OS2. The quantitative estimate of drug-likeness (QED) is 0.673. The molecule has 4 rings (SSSR count). The fourth-order valence-electron chi connectivity index (χ4n) is 3.18. The number of nitrogens with one attached hydrogen (secondary N) is 1. The van der Waals surface area contributed by atoms with E-state index in [1.54, 1.807) is 11.3 Å². The number of aromatic nitrogens is 2. The smallest absolute Gasteiger partial charge is 0.259 e. The summed E-state index contributed by atoms with van der Waals surface area (Å²) in [7, 11) is 0. The van der Waals surface area contributed by atoms with E-state index in [4.69, 9.17) is 0 Å². The van der Waals surface area contributed by atoms with Gasteiger partial charge in [-0.1, -0.05) is 6.92 Å². The molecule has 1 aliphatic carbocycles. The van der Waals surface area contributed by atoms with Crippen molar-refractivity contribution in [3.63, 3.8) is 0 Å². The van der Waals surface area contributed by atoms with Crippen LogP contribution in [-0.4, -0.2) is 9.97 Å². The van der Waals surface area contributed by atoms with E-state index in [0.717, 1.165) is 47.2 Å². The summed E-state index contributed by atoms with van der Waals surface area (Å²) in [6.45, 7) is 2.23. The van der Waals surface area contributed by atoms with E-state index in [9.17, 15) is 13.6 Å². The number of hydrogen-bond donors (Lipinski definition) is 1. The van der Waals surface area contributed by atoms with Gasteiger partial charge in [0.1, 0.15) is 10.7 Å². The van der Waals surface area contributed by atoms with Gasteiger partial charge in [0.25, 0.3) is 5.56 Å². The van der Waals surface area contributed by atoms with Crippen molar-refractivity contribution in [3.05, 3.63) is 56.5 Å². The Balaban J connectivity index is 1.62. The summed E-state index contributed by atoms with van der Waals surface area (Å²) in [5.74, 6) is -0.144. The van der Waals surface area contributed by atoms with Gasteiger partial charge in [0.15, 0.2) is 11.6 Å². The molecule has 130 valence electrons. The van der Waals surface area contributed by atoms with Gasteiger partial charge in [0.05, 0.1) is 11.1 Å². The molecule has 0 aliphatic heterocycles. The Morgan fingerprint density at radius 2 is 2.20 bits per heavy atom. The highest BCUT2D eigenvalue weighted by molar-refractivity contribution is 7.98. The molecule has 3 aromatic rings.